The molecule has 1 amide bonds. The number of hydrogen-bond acceptors (Lipinski definition) is 5. The van der Waals surface area contributed by atoms with Gasteiger partial charge in [0, 0.05) is 36.8 Å². The number of benzene rings is 1. The average molecular weight is 377 g/mol. The Morgan fingerprint density at radius 1 is 1.31 bits per heavy atom. The minimum Gasteiger partial charge on any atom is -0.440 e. The SMILES string of the molecule is CCNCCNC(=O)C1CN(Cc2oc(-c3ccc(Cl)cc3)nc2C)C1. The van der Waals surface area contributed by atoms with Gasteiger partial charge in [0.2, 0.25) is 11.8 Å². The molecule has 0 atom stereocenters. The highest BCUT2D eigenvalue weighted by Crippen LogP contribution is 2.26. The zero-order valence-corrected chi connectivity index (χ0v) is 16.0. The van der Waals surface area contributed by atoms with Crippen LogP contribution in [-0.4, -0.2) is 48.5 Å². The molecule has 2 N–H and O–H groups in total. The molecule has 6 nitrogen and oxygen atoms in total. The van der Waals surface area contributed by atoms with Crippen LogP contribution in [0.4, 0.5) is 0 Å². The van der Waals surface area contributed by atoms with Crippen molar-refractivity contribution >= 4 is 17.5 Å². The lowest BCUT2D eigenvalue weighted by Gasteiger charge is -2.37. The number of rotatable bonds is 8. The summed E-state index contributed by atoms with van der Waals surface area (Å²) < 4.78 is 5.93. The third-order valence-corrected chi connectivity index (χ3v) is 4.78. The number of likely N-dealkylation sites (N-methyl/N-ethyl adjacent to an activating group) is 1. The number of amides is 1. The third kappa shape index (κ3) is 4.63. The van der Waals surface area contributed by atoms with Gasteiger partial charge in [-0.25, -0.2) is 4.98 Å². The van der Waals surface area contributed by atoms with E-state index in [9.17, 15) is 4.79 Å². The fourth-order valence-corrected chi connectivity index (χ4v) is 3.08. The van der Waals surface area contributed by atoms with Gasteiger partial charge >= 0.3 is 0 Å². The Morgan fingerprint density at radius 3 is 2.73 bits per heavy atom. The van der Waals surface area contributed by atoms with Crippen LogP contribution < -0.4 is 10.6 Å². The largest absolute Gasteiger partial charge is 0.440 e. The highest BCUT2D eigenvalue weighted by Gasteiger charge is 2.33. The number of carbonyl (C=O) groups excluding carboxylic acids is 1. The van der Waals surface area contributed by atoms with Gasteiger partial charge in [-0.2, -0.15) is 0 Å². The molecule has 1 aromatic heterocycles. The maximum atomic E-state index is 12.1. The molecule has 3 rings (SSSR count). The van der Waals surface area contributed by atoms with Crippen LogP contribution in [0.3, 0.4) is 0 Å². The van der Waals surface area contributed by atoms with Crippen LogP contribution in [0.5, 0.6) is 0 Å². The lowest BCUT2D eigenvalue weighted by Crippen LogP contribution is -2.53. The second kappa shape index (κ2) is 8.66. The van der Waals surface area contributed by atoms with Crippen molar-refractivity contribution in [2.24, 2.45) is 5.92 Å². The summed E-state index contributed by atoms with van der Waals surface area (Å²) in [6, 6.07) is 7.44. The molecule has 0 radical (unpaired) electrons. The Bertz CT molecular complexity index is 738. The Morgan fingerprint density at radius 2 is 2.04 bits per heavy atom. The molecular weight excluding hydrogens is 352 g/mol. The van der Waals surface area contributed by atoms with Crippen molar-refractivity contribution in [1.29, 1.82) is 0 Å². The summed E-state index contributed by atoms with van der Waals surface area (Å²) in [4.78, 5) is 18.8. The number of nitrogens with zero attached hydrogens (tertiary/aromatic N) is 2. The molecule has 0 saturated carbocycles. The molecule has 0 spiro atoms. The number of carbonyl (C=O) groups is 1. The zero-order chi connectivity index (χ0) is 18.5. The Hall–Kier alpha value is -1.89. The second-order valence-electron chi connectivity index (χ2n) is 6.57. The molecule has 1 aliphatic heterocycles. The quantitative estimate of drug-likeness (QED) is 0.692. The van der Waals surface area contributed by atoms with E-state index in [4.69, 9.17) is 16.0 Å². The van der Waals surface area contributed by atoms with Gasteiger partial charge in [0.1, 0.15) is 5.76 Å². The standard InChI is InChI=1S/C19H25ClN4O2/c1-3-21-8-9-22-18(25)15-10-24(11-15)12-17-13(2)23-19(26-17)14-4-6-16(20)7-5-14/h4-7,15,21H,3,8-12H2,1-2H3,(H,22,25). The molecule has 140 valence electrons. The maximum absolute atomic E-state index is 12.1. The summed E-state index contributed by atoms with van der Waals surface area (Å²) in [5, 5.41) is 6.85. The molecular formula is C19H25ClN4O2. The van der Waals surface area contributed by atoms with E-state index < -0.39 is 0 Å². The van der Waals surface area contributed by atoms with Crippen molar-refractivity contribution in [2.75, 3.05) is 32.7 Å². The minimum atomic E-state index is 0.0654. The number of aromatic nitrogens is 1. The van der Waals surface area contributed by atoms with Gasteiger partial charge in [-0.05, 0) is 37.7 Å². The number of likely N-dealkylation sites (tertiary alicyclic amines) is 1. The van der Waals surface area contributed by atoms with Crippen LogP contribution in [0.2, 0.25) is 5.02 Å². The molecule has 26 heavy (non-hydrogen) atoms. The van der Waals surface area contributed by atoms with Crippen LogP contribution in [0, 0.1) is 12.8 Å². The summed E-state index contributed by atoms with van der Waals surface area (Å²) in [5.74, 6) is 1.65. The van der Waals surface area contributed by atoms with Crippen LogP contribution in [0.15, 0.2) is 28.7 Å². The first kappa shape index (κ1) is 18.9. The highest BCUT2D eigenvalue weighted by atomic mass is 35.5. The van der Waals surface area contributed by atoms with Crippen LogP contribution >= 0.6 is 11.6 Å². The Kier molecular flexibility index (Phi) is 6.29. The van der Waals surface area contributed by atoms with Crippen molar-refractivity contribution in [2.45, 2.75) is 20.4 Å². The van der Waals surface area contributed by atoms with E-state index in [0.29, 0.717) is 24.0 Å². The summed E-state index contributed by atoms with van der Waals surface area (Å²) in [7, 11) is 0. The first-order valence-electron chi connectivity index (χ1n) is 9.00. The lowest BCUT2D eigenvalue weighted by atomic mass is 9.99. The normalized spacial score (nSPS) is 15.0. The lowest BCUT2D eigenvalue weighted by molar-refractivity contribution is -0.130. The Labute approximate surface area is 158 Å². The zero-order valence-electron chi connectivity index (χ0n) is 15.2. The first-order chi connectivity index (χ1) is 12.6. The van der Waals surface area contributed by atoms with Gasteiger partial charge in [0.15, 0.2) is 0 Å². The van der Waals surface area contributed by atoms with Crippen molar-refractivity contribution in [3.05, 3.63) is 40.7 Å². The highest BCUT2D eigenvalue weighted by molar-refractivity contribution is 6.30. The van der Waals surface area contributed by atoms with Gasteiger partial charge in [-0.1, -0.05) is 18.5 Å². The van der Waals surface area contributed by atoms with Gasteiger partial charge in [-0.3, -0.25) is 9.69 Å². The number of hydrogen-bond donors (Lipinski definition) is 2. The van der Waals surface area contributed by atoms with E-state index >= 15 is 0 Å². The van der Waals surface area contributed by atoms with Gasteiger partial charge in [0.25, 0.3) is 0 Å². The van der Waals surface area contributed by atoms with Crippen molar-refractivity contribution in [3.63, 3.8) is 0 Å². The Balaban J connectivity index is 1.49. The first-order valence-corrected chi connectivity index (χ1v) is 9.37. The minimum absolute atomic E-state index is 0.0654. The molecule has 2 heterocycles. The molecule has 0 unspecified atom stereocenters. The van der Waals surface area contributed by atoms with Crippen LogP contribution in [-0.2, 0) is 11.3 Å². The summed E-state index contributed by atoms with van der Waals surface area (Å²) in [6.45, 7) is 8.58. The monoisotopic (exact) mass is 376 g/mol. The topological polar surface area (TPSA) is 70.4 Å². The van der Waals surface area contributed by atoms with Gasteiger partial charge in [0.05, 0.1) is 18.2 Å². The molecule has 7 heteroatoms. The summed E-state index contributed by atoms with van der Waals surface area (Å²) in [5.41, 5.74) is 1.79. The van der Waals surface area contributed by atoms with E-state index in [1.165, 1.54) is 0 Å². The fraction of sp³-hybridized carbons (Fsp3) is 0.474. The molecule has 1 aromatic carbocycles. The average Bonchev–Trinajstić information content (AvgIpc) is 2.95. The van der Waals surface area contributed by atoms with Crippen molar-refractivity contribution in [1.82, 2.24) is 20.5 Å². The van der Waals surface area contributed by atoms with E-state index in [0.717, 1.165) is 43.2 Å². The molecule has 2 aromatic rings. The van der Waals surface area contributed by atoms with Gasteiger partial charge in [-0.15, -0.1) is 0 Å². The van der Waals surface area contributed by atoms with Crippen molar-refractivity contribution in [3.8, 4) is 11.5 Å². The second-order valence-corrected chi connectivity index (χ2v) is 7.01. The third-order valence-electron chi connectivity index (χ3n) is 4.53. The van der Waals surface area contributed by atoms with E-state index in [1.54, 1.807) is 0 Å². The number of halogens is 1. The molecule has 1 fully saturated rings. The molecule has 0 aliphatic carbocycles. The molecule has 1 aliphatic rings. The molecule has 0 bridgehead atoms. The number of nitrogens with one attached hydrogen (secondary N) is 2. The van der Waals surface area contributed by atoms with Crippen LogP contribution in [0.25, 0.3) is 11.5 Å². The number of oxazole rings is 1. The summed E-state index contributed by atoms with van der Waals surface area (Å²) >= 11 is 5.92. The van der Waals surface area contributed by atoms with Gasteiger partial charge < -0.3 is 15.1 Å². The van der Waals surface area contributed by atoms with E-state index in [-0.39, 0.29) is 11.8 Å². The van der Waals surface area contributed by atoms with Crippen LogP contribution in [0.1, 0.15) is 18.4 Å². The van der Waals surface area contributed by atoms with E-state index in [1.807, 2.05) is 31.2 Å². The molecule has 1 saturated heterocycles. The fourth-order valence-electron chi connectivity index (χ4n) is 2.95. The summed E-state index contributed by atoms with van der Waals surface area (Å²) in [6.07, 6.45) is 0. The number of aryl methyl sites for hydroxylation is 1. The maximum Gasteiger partial charge on any atom is 0.226 e. The smallest absolute Gasteiger partial charge is 0.226 e. The predicted octanol–water partition coefficient (Wildman–Crippen LogP) is 2.46. The predicted molar refractivity (Wildman–Crippen MR) is 102 cm³/mol. The van der Waals surface area contributed by atoms with Crippen molar-refractivity contribution < 1.29 is 9.21 Å². The van der Waals surface area contributed by atoms with E-state index in [2.05, 4.69) is 27.4 Å².